The summed E-state index contributed by atoms with van der Waals surface area (Å²) in [7, 11) is 0. The van der Waals surface area contributed by atoms with Gasteiger partial charge in [-0.1, -0.05) is 6.07 Å². The number of nitrogens with two attached hydrogens (primary N) is 1. The molecule has 1 aromatic heterocycles. The van der Waals surface area contributed by atoms with Gasteiger partial charge in [0.15, 0.2) is 0 Å². The van der Waals surface area contributed by atoms with E-state index >= 15 is 0 Å². The molecule has 2 heterocycles. The van der Waals surface area contributed by atoms with Crippen molar-refractivity contribution >= 4 is 17.2 Å². The maximum absolute atomic E-state index is 11.4. The Hall–Kier alpha value is -0.870. The number of rotatable bonds is 2. The van der Waals surface area contributed by atoms with Gasteiger partial charge in [0.05, 0.1) is 0 Å². The highest BCUT2D eigenvalue weighted by atomic mass is 32.1. The van der Waals surface area contributed by atoms with Gasteiger partial charge in [-0.15, -0.1) is 11.3 Å². The third-order valence-electron chi connectivity index (χ3n) is 3.08. The number of carbonyl (C=O) groups excluding carboxylic acids is 1. The van der Waals surface area contributed by atoms with E-state index < -0.39 is 0 Å². The number of piperidine rings is 1. The van der Waals surface area contributed by atoms with Crippen molar-refractivity contribution in [3.05, 3.63) is 22.4 Å². The molecule has 1 saturated heterocycles. The minimum atomic E-state index is 0.141. The SMILES string of the molecule is CC(=O)N1CC(N)CC(Cc2cccs2)C1. The second kappa shape index (κ2) is 4.97. The van der Waals surface area contributed by atoms with E-state index in [1.807, 2.05) is 4.90 Å². The Balaban J connectivity index is 1.97. The number of carbonyl (C=O) groups is 1. The lowest BCUT2D eigenvalue weighted by Gasteiger charge is -2.35. The van der Waals surface area contributed by atoms with Crippen LogP contribution in [-0.2, 0) is 11.2 Å². The van der Waals surface area contributed by atoms with E-state index in [2.05, 4.69) is 17.5 Å². The average Bonchev–Trinajstić information content (AvgIpc) is 2.69. The van der Waals surface area contributed by atoms with Gasteiger partial charge in [-0.25, -0.2) is 0 Å². The zero-order chi connectivity index (χ0) is 11.5. The predicted molar refractivity (Wildman–Crippen MR) is 66.4 cm³/mol. The maximum Gasteiger partial charge on any atom is 0.219 e. The molecule has 1 amide bonds. The van der Waals surface area contributed by atoms with Crippen molar-refractivity contribution in [2.45, 2.75) is 25.8 Å². The van der Waals surface area contributed by atoms with Gasteiger partial charge in [-0.05, 0) is 30.2 Å². The summed E-state index contributed by atoms with van der Waals surface area (Å²) >= 11 is 1.78. The lowest BCUT2D eigenvalue weighted by Crippen LogP contribution is -2.49. The van der Waals surface area contributed by atoms with Crippen molar-refractivity contribution in [3.63, 3.8) is 0 Å². The zero-order valence-corrected chi connectivity index (χ0v) is 10.4. The van der Waals surface area contributed by atoms with E-state index in [1.54, 1.807) is 18.3 Å². The average molecular weight is 238 g/mol. The van der Waals surface area contributed by atoms with Gasteiger partial charge in [0.2, 0.25) is 5.91 Å². The smallest absolute Gasteiger partial charge is 0.219 e. The van der Waals surface area contributed by atoms with Gasteiger partial charge in [0.25, 0.3) is 0 Å². The fourth-order valence-electron chi connectivity index (χ4n) is 2.36. The zero-order valence-electron chi connectivity index (χ0n) is 9.56. The monoisotopic (exact) mass is 238 g/mol. The molecule has 2 unspecified atom stereocenters. The molecule has 0 saturated carbocycles. The lowest BCUT2D eigenvalue weighted by molar-refractivity contribution is -0.130. The third kappa shape index (κ3) is 2.83. The Morgan fingerprint density at radius 2 is 2.44 bits per heavy atom. The molecule has 4 heteroatoms. The van der Waals surface area contributed by atoms with Crippen molar-refractivity contribution in [1.82, 2.24) is 4.90 Å². The summed E-state index contributed by atoms with van der Waals surface area (Å²) < 4.78 is 0. The first-order chi connectivity index (χ1) is 7.65. The van der Waals surface area contributed by atoms with Crippen LogP contribution in [0.2, 0.25) is 0 Å². The Labute approximate surface area is 100 Å². The summed E-state index contributed by atoms with van der Waals surface area (Å²) in [5, 5.41) is 2.10. The summed E-state index contributed by atoms with van der Waals surface area (Å²) in [4.78, 5) is 14.6. The first-order valence-electron chi connectivity index (χ1n) is 5.68. The van der Waals surface area contributed by atoms with Crippen LogP contribution in [0.15, 0.2) is 17.5 Å². The summed E-state index contributed by atoms with van der Waals surface area (Å²) in [6.07, 6.45) is 2.08. The van der Waals surface area contributed by atoms with Crippen LogP contribution in [0.1, 0.15) is 18.2 Å². The van der Waals surface area contributed by atoms with Crippen LogP contribution in [0.4, 0.5) is 0 Å². The van der Waals surface area contributed by atoms with Gasteiger partial charge >= 0.3 is 0 Å². The second-order valence-corrected chi connectivity index (χ2v) is 5.60. The molecule has 1 aliphatic heterocycles. The number of hydrogen-bond donors (Lipinski definition) is 1. The van der Waals surface area contributed by atoms with Crippen LogP contribution >= 0.6 is 11.3 Å². The molecule has 88 valence electrons. The Kier molecular flexibility index (Phi) is 3.61. The van der Waals surface area contributed by atoms with E-state index in [4.69, 9.17) is 5.73 Å². The van der Waals surface area contributed by atoms with Crippen molar-refractivity contribution in [2.24, 2.45) is 11.7 Å². The fraction of sp³-hybridized carbons (Fsp3) is 0.583. The quantitative estimate of drug-likeness (QED) is 0.848. The molecule has 3 nitrogen and oxygen atoms in total. The highest BCUT2D eigenvalue weighted by Crippen LogP contribution is 2.22. The summed E-state index contributed by atoms with van der Waals surface area (Å²) in [5.41, 5.74) is 5.99. The van der Waals surface area contributed by atoms with Crippen LogP contribution in [-0.4, -0.2) is 29.9 Å². The topological polar surface area (TPSA) is 46.3 Å². The largest absolute Gasteiger partial charge is 0.341 e. The molecule has 0 bridgehead atoms. The minimum absolute atomic E-state index is 0.141. The van der Waals surface area contributed by atoms with Gasteiger partial charge < -0.3 is 10.6 Å². The number of hydrogen-bond acceptors (Lipinski definition) is 3. The molecule has 0 aromatic carbocycles. The Bertz CT molecular complexity index is 350. The van der Waals surface area contributed by atoms with Crippen molar-refractivity contribution in [1.29, 1.82) is 0 Å². The van der Waals surface area contributed by atoms with E-state index in [-0.39, 0.29) is 11.9 Å². The molecule has 0 spiro atoms. The van der Waals surface area contributed by atoms with E-state index in [0.717, 1.165) is 25.9 Å². The molecule has 1 aliphatic rings. The highest BCUT2D eigenvalue weighted by molar-refractivity contribution is 7.09. The second-order valence-electron chi connectivity index (χ2n) is 4.57. The normalized spacial score (nSPS) is 25.8. The maximum atomic E-state index is 11.4. The number of amides is 1. The van der Waals surface area contributed by atoms with Crippen molar-refractivity contribution in [3.8, 4) is 0 Å². The van der Waals surface area contributed by atoms with Crippen LogP contribution in [0.25, 0.3) is 0 Å². The molecule has 0 aliphatic carbocycles. The van der Waals surface area contributed by atoms with E-state index in [9.17, 15) is 4.79 Å². The number of thiophene rings is 1. The molecule has 1 fully saturated rings. The third-order valence-corrected chi connectivity index (χ3v) is 3.98. The molecule has 1 aromatic rings. The molecule has 0 radical (unpaired) electrons. The van der Waals surface area contributed by atoms with Gasteiger partial charge in [-0.2, -0.15) is 0 Å². The number of likely N-dealkylation sites (tertiary alicyclic amines) is 1. The molecule has 2 rings (SSSR count). The summed E-state index contributed by atoms with van der Waals surface area (Å²) in [5.74, 6) is 0.664. The van der Waals surface area contributed by atoms with Crippen LogP contribution in [0, 0.1) is 5.92 Å². The Morgan fingerprint density at radius 1 is 1.62 bits per heavy atom. The lowest BCUT2D eigenvalue weighted by atomic mass is 9.91. The van der Waals surface area contributed by atoms with Gasteiger partial charge in [0, 0.05) is 30.9 Å². The highest BCUT2D eigenvalue weighted by Gasteiger charge is 2.26. The first kappa shape index (κ1) is 11.6. The first-order valence-corrected chi connectivity index (χ1v) is 6.56. The molecular formula is C12H18N2OS. The van der Waals surface area contributed by atoms with E-state index in [1.165, 1.54) is 4.88 Å². The van der Waals surface area contributed by atoms with Gasteiger partial charge in [0.1, 0.15) is 0 Å². The van der Waals surface area contributed by atoms with Crippen molar-refractivity contribution < 1.29 is 4.79 Å². The van der Waals surface area contributed by atoms with Gasteiger partial charge in [-0.3, -0.25) is 4.79 Å². The molecule has 2 atom stereocenters. The van der Waals surface area contributed by atoms with Crippen LogP contribution in [0.3, 0.4) is 0 Å². The van der Waals surface area contributed by atoms with E-state index in [0.29, 0.717) is 5.92 Å². The predicted octanol–water partition coefficient (Wildman–Crippen LogP) is 1.49. The Morgan fingerprint density at radius 3 is 3.06 bits per heavy atom. The summed E-state index contributed by atoms with van der Waals surface area (Å²) in [6, 6.07) is 4.37. The minimum Gasteiger partial charge on any atom is -0.341 e. The van der Waals surface area contributed by atoms with Crippen LogP contribution in [0.5, 0.6) is 0 Å². The fourth-order valence-corrected chi connectivity index (χ4v) is 3.19. The van der Waals surface area contributed by atoms with Crippen LogP contribution < -0.4 is 5.73 Å². The molecular weight excluding hydrogens is 220 g/mol. The molecule has 16 heavy (non-hydrogen) atoms. The summed E-state index contributed by atoms with van der Waals surface area (Å²) in [6.45, 7) is 3.21. The number of nitrogens with zero attached hydrogens (tertiary/aromatic N) is 1. The van der Waals surface area contributed by atoms with Crippen molar-refractivity contribution in [2.75, 3.05) is 13.1 Å². The standard InChI is InChI=1S/C12H18N2OS/c1-9(15)14-7-10(5-11(13)8-14)6-12-3-2-4-16-12/h2-4,10-11H,5-8,13H2,1H3. The molecule has 2 N–H and O–H groups in total.